The van der Waals surface area contributed by atoms with Crippen LogP contribution >= 0.6 is 0 Å². The average molecular weight is 354 g/mol. The van der Waals surface area contributed by atoms with Crippen LogP contribution in [0.5, 0.6) is 0 Å². The van der Waals surface area contributed by atoms with Crippen LogP contribution in [0.2, 0.25) is 0 Å². The van der Waals surface area contributed by atoms with Gasteiger partial charge in [-0.2, -0.15) is 4.99 Å². The van der Waals surface area contributed by atoms with Crippen LogP contribution in [0.1, 0.15) is 36.7 Å². The third-order valence-corrected chi connectivity index (χ3v) is 5.00. The molecule has 4 rings (SSSR count). The molecule has 1 amide bonds. The zero-order valence-corrected chi connectivity index (χ0v) is 15.2. The molecule has 3 aliphatic heterocycles. The van der Waals surface area contributed by atoms with Gasteiger partial charge in [0.05, 0.1) is 11.7 Å². The molecule has 1 saturated heterocycles. The Labute approximate surface area is 152 Å². The summed E-state index contributed by atoms with van der Waals surface area (Å²) in [5.41, 5.74) is 3.31. The van der Waals surface area contributed by atoms with Crippen LogP contribution < -0.4 is 0 Å². The third kappa shape index (κ3) is 2.78. The van der Waals surface area contributed by atoms with Crippen molar-refractivity contribution < 1.29 is 14.4 Å². The minimum atomic E-state index is -0.417. The highest BCUT2D eigenvalue weighted by atomic mass is 16.7. The Morgan fingerprint density at radius 3 is 2.92 bits per heavy atom. The topological polar surface area (TPSA) is 79.9 Å². The van der Waals surface area contributed by atoms with Crippen LogP contribution in [0.3, 0.4) is 0 Å². The summed E-state index contributed by atoms with van der Waals surface area (Å²) in [4.78, 5) is 21.9. The summed E-state index contributed by atoms with van der Waals surface area (Å²) in [5.74, 6) is 0.563. The Bertz CT molecular complexity index is 885. The molecule has 1 aromatic rings. The number of aryl methyl sites for hydroxylation is 1. The van der Waals surface area contributed by atoms with Gasteiger partial charge in [0.15, 0.2) is 11.7 Å². The Balaban J connectivity index is 1.64. The maximum Gasteiger partial charge on any atom is 0.282 e. The number of hydrogen-bond acceptors (Lipinski definition) is 4. The number of aromatic nitrogens is 1. The Morgan fingerprint density at radius 1 is 1.38 bits per heavy atom. The fourth-order valence-electron chi connectivity index (χ4n) is 3.60. The van der Waals surface area contributed by atoms with Crippen molar-refractivity contribution in [2.45, 2.75) is 46.3 Å². The lowest BCUT2D eigenvalue weighted by atomic mass is 10.1. The first kappa shape index (κ1) is 16.8. The molecular weight excluding hydrogens is 332 g/mol. The van der Waals surface area contributed by atoms with Gasteiger partial charge < -0.3 is 14.1 Å². The lowest BCUT2D eigenvalue weighted by Gasteiger charge is -2.23. The minimum Gasteiger partial charge on any atom is -0.376 e. The lowest BCUT2D eigenvalue weighted by Crippen LogP contribution is -2.38. The number of amides is 1. The maximum atomic E-state index is 12.4. The van der Waals surface area contributed by atoms with Crippen LogP contribution in [-0.2, 0) is 20.9 Å². The van der Waals surface area contributed by atoms with Gasteiger partial charge in [-0.1, -0.05) is 0 Å². The number of fused-ring (bicyclic) bond motifs is 1. The summed E-state index contributed by atoms with van der Waals surface area (Å²) in [6, 6.07) is 2.03. The van der Waals surface area contributed by atoms with Gasteiger partial charge in [-0.3, -0.25) is 10.2 Å². The molecule has 1 N–H and O–H groups in total. The number of aliphatic imine (C=N–C) groups is 1. The van der Waals surface area contributed by atoms with Crippen molar-refractivity contribution in [3.8, 4) is 0 Å². The van der Waals surface area contributed by atoms with Gasteiger partial charge in [0.2, 0.25) is 0 Å². The zero-order chi connectivity index (χ0) is 18.4. The normalized spacial score (nSPS) is 24.0. The van der Waals surface area contributed by atoms with Gasteiger partial charge >= 0.3 is 0 Å². The summed E-state index contributed by atoms with van der Waals surface area (Å²) in [6.45, 7) is 7.48. The summed E-state index contributed by atoms with van der Waals surface area (Å²) < 4.78 is 7.96. The van der Waals surface area contributed by atoms with Crippen LogP contribution in [0, 0.1) is 19.3 Å². The van der Waals surface area contributed by atoms with Crippen molar-refractivity contribution in [2.24, 2.45) is 4.99 Å². The second kappa shape index (κ2) is 6.25. The first-order valence-corrected chi connectivity index (χ1v) is 8.82. The number of ether oxygens (including phenoxy) is 1. The van der Waals surface area contributed by atoms with E-state index in [1.54, 1.807) is 19.1 Å². The first-order chi connectivity index (χ1) is 12.4. The fourth-order valence-corrected chi connectivity index (χ4v) is 3.60. The fraction of sp³-hybridized carbons (Fsp3) is 0.421. The van der Waals surface area contributed by atoms with E-state index >= 15 is 0 Å². The Kier molecular flexibility index (Phi) is 4.03. The van der Waals surface area contributed by atoms with E-state index in [0.29, 0.717) is 11.6 Å². The molecule has 0 aromatic carbocycles. The van der Waals surface area contributed by atoms with E-state index in [4.69, 9.17) is 15.0 Å². The molecule has 7 heteroatoms. The van der Waals surface area contributed by atoms with Crippen molar-refractivity contribution in [1.29, 1.82) is 5.41 Å². The standard InChI is InChI=1S/C19H22N4O3/c1-11-7-14(13(3)22(11)10-15-5-4-6-25-15)9-16-18(20)23-17(21-19(16)24)8-12(2)26-23/h7-9,15,20H,4-6,10H2,1-3H3/b16-9-,20-18?/t15-/m0/s1. The van der Waals surface area contributed by atoms with E-state index in [0.717, 1.165) is 42.9 Å². The number of amidine groups is 2. The molecule has 1 atom stereocenters. The van der Waals surface area contributed by atoms with Crippen LogP contribution in [0.4, 0.5) is 0 Å². The molecule has 7 nitrogen and oxygen atoms in total. The molecular formula is C19H22N4O3. The number of carbonyl (C=O) groups is 1. The molecule has 26 heavy (non-hydrogen) atoms. The average Bonchev–Trinajstić information content (AvgIpc) is 3.28. The number of nitrogens with one attached hydrogen (secondary N) is 1. The van der Waals surface area contributed by atoms with Crippen molar-refractivity contribution >= 4 is 23.7 Å². The Morgan fingerprint density at radius 2 is 2.19 bits per heavy atom. The SMILES string of the molecule is CC1=CC2=NC(=O)/C(=C\c3cc(C)n(C[C@@H]4CCCO4)c3C)C(=N)N2O1. The molecule has 1 fully saturated rings. The van der Waals surface area contributed by atoms with Gasteiger partial charge in [0.1, 0.15) is 5.76 Å². The van der Waals surface area contributed by atoms with E-state index in [-0.39, 0.29) is 17.5 Å². The number of hydroxylamine groups is 2. The molecule has 0 unspecified atom stereocenters. The molecule has 0 radical (unpaired) electrons. The van der Waals surface area contributed by atoms with Crippen molar-refractivity contribution in [3.05, 3.63) is 40.4 Å². The van der Waals surface area contributed by atoms with E-state index in [2.05, 4.69) is 9.56 Å². The van der Waals surface area contributed by atoms with E-state index in [9.17, 15) is 4.79 Å². The largest absolute Gasteiger partial charge is 0.376 e. The highest BCUT2D eigenvalue weighted by Gasteiger charge is 2.34. The number of hydrogen-bond donors (Lipinski definition) is 1. The second-order valence-corrected chi connectivity index (χ2v) is 6.89. The minimum absolute atomic E-state index is 0.0111. The van der Waals surface area contributed by atoms with E-state index < -0.39 is 5.91 Å². The van der Waals surface area contributed by atoms with Gasteiger partial charge in [0.25, 0.3) is 5.91 Å². The molecule has 1 aromatic heterocycles. The number of allylic oxidation sites excluding steroid dienone is 1. The highest BCUT2D eigenvalue weighted by Crippen LogP contribution is 2.26. The molecule has 4 heterocycles. The summed E-state index contributed by atoms with van der Waals surface area (Å²) in [5, 5.41) is 9.61. The van der Waals surface area contributed by atoms with Crippen molar-refractivity contribution in [1.82, 2.24) is 9.63 Å². The van der Waals surface area contributed by atoms with Gasteiger partial charge in [-0.15, -0.1) is 5.06 Å². The lowest BCUT2D eigenvalue weighted by molar-refractivity contribution is -0.114. The smallest absolute Gasteiger partial charge is 0.282 e. The van der Waals surface area contributed by atoms with Gasteiger partial charge in [-0.05, 0) is 51.3 Å². The highest BCUT2D eigenvalue weighted by molar-refractivity contribution is 6.32. The van der Waals surface area contributed by atoms with Crippen LogP contribution in [-0.4, -0.2) is 39.9 Å². The maximum absolute atomic E-state index is 12.4. The predicted octanol–water partition coefficient (Wildman–Crippen LogP) is 2.73. The van der Waals surface area contributed by atoms with Gasteiger partial charge in [-0.25, -0.2) is 0 Å². The van der Waals surface area contributed by atoms with Crippen LogP contribution in [0.15, 0.2) is 28.5 Å². The quantitative estimate of drug-likeness (QED) is 0.847. The first-order valence-electron chi connectivity index (χ1n) is 8.82. The van der Waals surface area contributed by atoms with Gasteiger partial charge in [0, 0.05) is 30.6 Å². The number of rotatable bonds is 3. The van der Waals surface area contributed by atoms with Crippen LogP contribution in [0.25, 0.3) is 6.08 Å². The zero-order valence-electron chi connectivity index (χ0n) is 15.2. The summed E-state index contributed by atoms with van der Waals surface area (Å²) >= 11 is 0. The summed E-state index contributed by atoms with van der Waals surface area (Å²) in [6.07, 6.45) is 5.81. The molecule has 0 aliphatic carbocycles. The van der Waals surface area contributed by atoms with E-state index in [1.807, 2.05) is 19.9 Å². The molecule has 0 spiro atoms. The molecule has 0 bridgehead atoms. The molecule has 0 saturated carbocycles. The van der Waals surface area contributed by atoms with E-state index in [1.165, 1.54) is 5.06 Å². The summed E-state index contributed by atoms with van der Waals surface area (Å²) in [7, 11) is 0. The second-order valence-electron chi connectivity index (χ2n) is 6.89. The molecule has 3 aliphatic rings. The monoisotopic (exact) mass is 354 g/mol. The third-order valence-electron chi connectivity index (χ3n) is 5.00. The van der Waals surface area contributed by atoms with Crippen molar-refractivity contribution in [3.63, 3.8) is 0 Å². The van der Waals surface area contributed by atoms with Crippen molar-refractivity contribution in [2.75, 3.05) is 6.61 Å². The molecule has 136 valence electrons. The predicted molar refractivity (Wildman–Crippen MR) is 97.7 cm³/mol. The number of carbonyl (C=O) groups excluding carboxylic acids is 1. The Hall–Kier alpha value is -2.67. The number of nitrogens with zero attached hydrogens (tertiary/aromatic N) is 3.